The van der Waals surface area contributed by atoms with Gasteiger partial charge < -0.3 is 0 Å². The fraction of sp³-hybridized carbons (Fsp3) is 0.312. The quantitative estimate of drug-likeness (QED) is 0.726. The maximum Gasteiger partial charge on any atom is 0.164 e. The summed E-state index contributed by atoms with van der Waals surface area (Å²) in [6, 6.07) is 14.8. The fourth-order valence-corrected chi connectivity index (χ4v) is 3.88. The Bertz CT molecular complexity index is 836. The minimum Gasteiger partial charge on any atom is -0.259 e. The first-order valence-electron chi connectivity index (χ1n) is 7.39. The van der Waals surface area contributed by atoms with Crippen molar-refractivity contribution in [3.63, 3.8) is 0 Å². The second kappa shape index (κ2) is 5.61. The fourth-order valence-electron chi connectivity index (χ4n) is 2.70. The van der Waals surface area contributed by atoms with Crippen molar-refractivity contribution in [3.8, 4) is 0 Å². The Morgan fingerprint density at radius 2 is 1.91 bits per heavy atom. The zero-order valence-corrected chi connectivity index (χ0v) is 12.9. The van der Waals surface area contributed by atoms with E-state index in [-0.39, 0.29) is 0 Å². The molecule has 0 unspecified atom stereocenters. The Balaban J connectivity index is 1.55. The molecular formula is C16H16N4OS. The monoisotopic (exact) mass is 312 g/mol. The first-order valence-corrected chi connectivity index (χ1v) is 8.88. The third-order valence-corrected chi connectivity index (χ3v) is 5.15. The van der Waals surface area contributed by atoms with Crippen LogP contribution in [0.3, 0.4) is 0 Å². The van der Waals surface area contributed by atoms with Crippen molar-refractivity contribution < 1.29 is 4.21 Å². The third-order valence-electron chi connectivity index (χ3n) is 3.94. The van der Waals surface area contributed by atoms with Gasteiger partial charge in [0.15, 0.2) is 5.82 Å². The molecule has 1 heterocycles. The molecular weight excluding hydrogens is 296 g/mol. The second-order valence-electron chi connectivity index (χ2n) is 5.64. The van der Waals surface area contributed by atoms with Gasteiger partial charge in [-0.3, -0.25) is 4.21 Å². The van der Waals surface area contributed by atoms with Gasteiger partial charge in [-0.1, -0.05) is 42.5 Å². The lowest BCUT2D eigenvalue weighted by atomic mass is 10.1. The first-order chi connectivity index (χ1) is 10.8. The number of benzene rings is 2. The van der Waals surface area contributed by atoms with Gasteiger partial charge in [0.05, 0.1) is 11.8 Å². The van der Waals surface area contributed by atoms with E-state index in [0.29, 0.717) is 17.5 Å². The smallest absolute Gasteiger partial charge is 0.164 e. The van der Waals surface area contributed by atoms with E-state index < -0.39 is 10.8 Å². The first kappa shape index (κ1) is 13.6. The summed E-state index contributed by atoms with van der Waals surface area (Å²) >= 11 is 0. The molecule has 0 amide bonds. The topological polar surface area (TPSA) is 60.7 Å². The van der Waals surface area contributed by atoms with E-state index in [1.807, 2.05) is 28.9 Å². The van der Waals surface area contributed by atoms with E-state index in [0.717, 1.165) is 24.2 Å². The van der Waals surface area contributed by atoms with Gasteiger partial charge in [0.2, 0.25) is 0 Å². The standard InChI is InChI=1S/C16H16N4OS/c21-22(11-16-17-18-19-20(16)14-8-9-14)10-13-6-3-5-12-4-1-2-7-15(12)13/h1-7,14H,8-11H2/t22-/m1/s1. The van der Waals surface area contributed by atoms with E-state index in [9.17, 15) is 4.21 Å². The number of fused-ring (bicyclic) bond motifs is 1. The van der Waals surface area contributed by atoms with Crippen LogP contribution in [0.15, 0.2) is 42.5 Å². The normalized spacial score (nSPS) is 16.0. The van der Waals surface area contributed by atoms with Crippen molar-refractivity contribution in [2.24, 2.45) is 0 Å². The van der Waals surface area contributed by atoms with Gasteiger partial charge in [0, 0.05) is 16.6 Å². The predicted octanol–water partition coefficient (Wildman–Crippen LogP) is 2.61. The number of aromatic nitrogens is 4. The maximum absolute atomic E-state index is 12.5. The highest BCUT2D eigenvalue weighted by atomic mass is 32.2. The number of hydrogen-bond donors (Lipinski definition) is 0. The minimum absolute atomic E-state index is 0.409. The molecule has 6 heteroatoms. The van der Waals surface area contributed by atoms with E-state index in [4.69, 9.17) is 0 Å². The molecule has 112 valence electrons. The minimum atomic E-state index is -1.02. The molecule has 1 aromatic heterocycles. The second-order valence-corrected chi connectivity index (χ2v) is 7.09. The Labute approximate surface area is 130 Å². The molecule has 1 fully saturated rings. The average Bonchev–Trinajstić information content (AvgIpc) is 3.28. The molecule has 0 saturated heterocycles. The number of hydrogen-bond acceptors (Lipinski definition) is 4. The Hall–Kier alpha value is -2.08. The van der Waals surface area contributed by atoms with Crippen LogP contribution >= 0.6 is 0 Å². The van der Waals surface area contributed by atoms with Crippen LogP contribution in [0, 0.1) is 0 Å². The molecule has 1 atom stereocenters. The number of nitrogens with zero attached hydrogens (tertiary/aromatic N) is 4. The van der Waals surface area contributed by atoms with Crippen LogP contribution in [0.5, 0.6) is 0 Å². The van der Waals surface area contributed by atoms with Crippen molar-refractivity contribution in [3.05, 3.63) is 53.9 Å². The maximum atomic E-state index is 12.5. The summed E-state index contributed by atoms with van der Waals surface area (Å²) in [7, 11) is -1.02. The molecule has 1 aliphatic carbocycles. The highest BCUT2D eigenvalue weighted by molar-refractivity contribution is 7.83. The molecule has 1 saturated carbocycles. The van der Waals surface area contributed by atoms with Crippen molar-refractivity contribution in [1.29, 1.82) is 0 Å². The van der Waals surface area contributed by atoms with E-state index >= 15 is 0 Å². The van der Waals surface area contributed by atoms with Crippen molar-refractivity contribution in [2.75, 3.05) is 0 Å². The summed E-state index contributed by atoms with van der Waals surface area (Å²) in [5.74, 6) is 1.67. The van der Waals surface area contributed by atoms with Crippen LogP contribution in [-0.4, -0.2) is 24.4 Å². The largest absolute Gasteiger partial charge is 0.259 e. The lowest BCUT2D eigenvalue weighted by Gasteiger charge is -2.07. The summed E-state index contributed by atoms with van der Waals surface area (Å²) in [4.78, 5) is 0. The van der Waals surface area contributed by atoms with Gasteiger partial charge in [-0.15, -0.1) is 5.10 Å². The Morgan fingerprint density at radius 1 is 1.09 bits per heavy atom. The highest BCUT2D eigenvalue weighted by Crippen LogP contribution is 2.34. The van der Waals surface area contributed by atoms with Crippen LogP contribution in [0.25, 0.3) is 10.8 Å². The van der Waals surface area contributed by atoms with Gasteiger partial charge >= 0.3 is 0 Å². The highest BCUT2D eigenvalue weighted by Gasteiger charge is 2.28. The van der Waals surface area contributed by atoms with Crippen LogP contribution in [0.2, 0.25) is 0 Å². The van der Waals surface area contributed by atoms with Gasteiger partial charge in [0.1, 0.15) is 0 Å². The lowest BCUT2D eigenvalue weighted by molar-refractivity contribution is 0.591. The molecule has 4 rings (SSSR count). The van der Waals surface area contributed by atoms with Crippen LogP contribution in [0.1, 0.15) is 30.3 Å². The molecule has 22 heavy (non-hydrogen) atoms. The van der Waals surface area contributed by atoms with Gasteiger partial charge in [0.25, 0.3) is 0 Å². The summed E-state index contributed by atoms with van der Waals surface area (Å²) in [6.45, 7) is 0. The molecule has 1 aliphatic rings. The number of rotatable bonds is 5. The molecule has 0 N–H and O–H groups in total. The van der Waals surface area contributed by atoms with E-state index in [1.54, 1.807) is 0 Å². The summed E-state index contributed by atoms with van der Waals surface area (Å²) in [5.41, 5.74) is 1.11. The van der Waals surface area contributed by atoms with Gasteiger partial charge in [-0.05, 0) is 39.6 Å². The van der Waals surface area contributed by atoms with Crippen molar-refractivity contribution in [1.82, 2.24) is 20.2 Å². The Kier molecular flexibility index (Phi) is 3.46. The van der Waals surface area contributed by atoms with Crippen LogP contribution in [0.4, 0.5) is 0 Å². The third kappa shape index (κ3) is 2.66. The molecule has 0 radical (unpaired) electrons. The van der Waals surface area contributed by atoms with E-state index in [2.05, 4.69) is 33.7 Å². The summed E-state index contributed by atoms with van der Waals surface area (Å²) in [5, 5.41) is 14.1. The SMILES string of the molecule is O=[S@](Cc1cccc2ccccc12)Cc1nnnn1C1CC1. The van der Waals surface area contributed by atoms with Crippen LogP contribution < -0.4 is 0 Å². The summed E-state index contributed by atoms with van der Waals surface area (Å²) in [6.07, 6.45) is 2.24. The van der Waals surface area contributed by atoms with Crippen LogP contribution in [-0.2, 0) is 22.3 Å². The number of tetrazole rings is 1. The Morgan fingerprint density at radius 3 is 2.77 bits per heavy atom. The zero-order valence-electron chi connectivity index (χ0n) is 12.1. The molecule has 0 aliphatic heterocycles. The van der Waals surface area contributed by atoms with Crippen molar-refractivity contribution >= 4 is 21.6 Å². The molecule has 0 spiro atoms. The van der Waals surface area contributed by atoms with Gasteiger partial charge in [-0.25, -0.2) is 4.68 Å². The van der Waals surface area contributed by atoms with E-state index in [1.165, 1.54) is 10.8 Å². The molecule has 0 bridgehead atoms. The predicted molar refractivity (Wildman–Crippen MR) is 85.6 cm³/mol. The zero-order chi connectivity index (χ0) is 14.9. The molecule has 3 aromatic rings. The average molecular weight is 312 g/mol. The lowest BCUT2D eigenvalue weighted by Crippen LogP contribution is -2.08. The summed E-state index contributed by atoms with van der Waals surface area (Å²) < 4.78 is 14.4. The van der Waals surface area contributed by atoms with Crippen molar-refractivity contribution in [2.45, 2.75) is 30.4 Å². The molecule has 2 aromatic carbocycles. The van der Waals surface area contributed by atoms with Gasteiger partial charge in [-0.2, -0.15) is 0 Å². The molecule has 5 nitrogen and oxygen atoms in total.